The van der Waals surface area contributed by atoms with Crippen LogP contribution in [-0.2, 0) is 0 Å². The van der Waals surface area contributed by atoms with E-state index in [2.05, 4.69) is 31.0 Å². The minimum Gasteiger partial charge on any atom is -0.360 e. The topological polar surface area (TPSA) is 78.6 Å². The minimum absolute atomic E-state index is 0.0363. The van der Waals surface area contributed by atoms with Crippen molar-refractivity contribution in [3.63, 3.8) is 0 Å². The molecule has 0 atom stereocenters. The predicted octanol–water partition coefficient (Wildman–Crippen LogP) is 1.90. The van der Waals surface area contributed by atoms with Gasteiger partial charge in [-0.15, -0.1) is 0 Å². The molecule has 4 heterocycles. The van der Waals surface area contributed by atoms with Crippen LogP contribution in [0.15, 0.2) is 23.0 Å². The van der Waals surface area contributed by atoms with E-state index in [0.717, 1.165) is 56.4 Å². The molecule has 1 aliphatic carbocycles. The summed E-state index contributed by atoms with van der Waals surface area (Å²) in [6.45, 7) is 4.98. The average Bonchev–Trinajstić information content (AvgIpc) is 3.22. The van der Waals surface area contributed by atoms with Crippen molar-refractivity contribution in [1.29, 1.82) is 0 Å². The van der Waals surface area contributed by atoms with Crippen molar-refractivity contribution in [2.75, 3.05) is 49.1 Å². The molecule has 8 nitrogen and oxygen atoms in total. The van der Waals surface area contributed by atoms with E-state index in [4.69, 9.17) is 4.52 Å². The third-order valence-electron chi connectivity index (χ3n) is 5.69. The smallest absolute Gasteiger partial charge is 0.276 e. The maximum Gasteiger partial charge on any atom is 0.276 e. The van der Waals surface area contributed by atoms with Crippen molar-refractivity contribution in [2.24, 2.45) is 0 Å². The summed E-state index contributed by atoms with van der Waals surface area (Å²) in [5.41, 5.74) is 0.434. The van der Waals surface area contributed by atoms with E-state index in [1.54, 1.807) is 6.33 Å². The van der Waals surface area contributed by atoms with E-state index < -0.39 is 0 Å². The summed E-state index contributed by atoms with van der Waals surface area (Å²) in [6.07, 6.45) is 6.38. The lowest BCUT2D eigenvalue weighted by Crippen LogP contribution is -2.49. The number of rotatable bonds is 4. The lowest BCUT2D eigenvalue weighted by Gasteiger charge is -2.35. The third-order valence-corrected chi connectivity index (χ3v) is 5.69. The second-order valence-corrected chi connectivity index (χ2v) is 7.60. The van der Waals surface area contributed by atoms with Gasteiger partial charge in [-0.3, -0.25) is 4.79 Å². The Labute approximate surface area is 158 Å². The van der Waals surface area contributed by atoms with Crippen molar-refractivity contribution >= 4 is 17.5 Å². The van der Waals surface area contributed by atoms with Crippen LogP contribution in [0, 0.1) is 0 Å². The molecular weight excluding hydrogens is 344 g/mol. The van der Waals surface area contributed by atoms with Crippen LogP contribution in [-0.4, -0.2) is 65.2 Å². The normalized spacial score (nSPS) is 20.4. The first-order valence-corrected chi connectivity index (χ1v) is 9.86. The number of hydrogen-bond donors (Lipinski definition) is 0. The van der Waals surface area contributed by atoms with E-state index >= 15 is 0 Å². The van der Waals surface area contributed by atoms with E-state index in [-0.39, 0.29) is 5.91 Å². The Bertz CT molecular complexity index is 819. The monoisotopic (exact) mass is 368 g/mol. The predicted molar refractivity (Wildman–Crippen MR) is 100 cm³/mol. The van der Waals surface area contributed by atoms with Gasteiger partial charge in [0.05, 0.1) is 0 Å². The summed E-state index contributed by atoms with van der Waals surface area (Å²) >= 11 is 0. The van der Waals surface area contributed by atoms with Crippen molar-refractivity contribution < 1.29 is 9.32 Å². The summed E-state index contributed by atoms with van der Waals surface area (Å²) in [4.78, 5) is 27.9. The molecule has 0 radical (unpaired) electrons. The Morgan fingerprint density at radius 2 is 1.59 bits per heavy atom. The summed E-state index contributed by atoms with van der Waals surface area (Å²) in [5, 5.41) is 3.98. The van der Waals surface area contributed by atoms with Gasteiger partial charge in [0, 0.05) is 57.3 Å². The molecule has 0 aromatic carbocycles. The van der Waals surface area contributed by atoms with Gasteiger partial charge in [0.25, 0.3) is 5.91 Å². The quantitative estimate of drug-likeness (QED) is 0.815. The summed E-state index contributed by atoms with van der Waals surface area (Å²) in [7, 11) is 0. The molecule has 1 saturated carbocycles. The maximum absolute atomic E-state index is 12.7. The first-order chi connectivity index (χ1) is 13.3. The zero-order valence-corrected chi connectivity index (χ0v) is 15.4. The molecule has 27 heavy (non-hydrogen) atoms. The molecule has 2 aliphatic heterocycles. The first-order valence-electron chi connectivity index (χ1n) is 9.86. The summed E-state index contributed by atoms with van der Waals surface area (Å²) in [5.74, 6) is 3.24. The van der Waals surface area contributed by atoms with Crippen LogP contribution in [0.5, 0.6) is 0 Å². The van der Waals surface area contributed by atoms with E-state index in [1.165, 1.54) is 12.8 Å². The Morgan fingerprint density at radius 3 is 2.26 bits per heavy atom. The van der Waals surface area contributed by atoms with Crippen molar-refractivity contribution in [1.82, 2.24) is 20.0 Å². The van der Waals surface area contributed by atoms with Gasteiger partial charge in [0.1, 0.15) is 23.7 Å². The zero-order valence-electron chi connectivity index (χ0n) is 15.4. The average molecular weight is 368 g/mol. The fraction of sp³-hybridized carbons (Fsp3) is 0.579. The van der Waals surface area contributed by atoms with Crippen LogP contribution in [0.1, 0.15) is 47.8 Å². The molecule has 3 aliphatic rings. The van der Waals surface area contributed by atoms with Gasteiger partial charge in [0.2, 0.25) is 0 Å². The molecule has 142 valence electrons. The molecule has 2 aromatic heterocycles. The molecular formula is C19H24N6O2. The fourth-order valence-electron chi connectivity index (χ4n) is 3.88. The first kappa shape index (κ1) is 16.5. The minimum atomic E-state index is -0.0363. The number of aromatic nitrogens is 3. The Kier molecular flexibility index (Phi) is 4.18. The number of hydrogen-bond acceptors (Lipinski definition) is 7. The second kappa shape index (κ2) is 6.83. The molecule has 2 saturated heterocycles. The van der Waals surface area contributed by atoms with Gasteiger partial charge in [-0.2, -0.15) is 0 Å². The lowest BCUT2D eigenvalue weighted by atomic mass is 10.2. The van der Waals surface area contributed by atoms with Crippen LogP contribution < -0.4 is 9.80 Å². The number of piperazine rings is 1. The van der Waals surface area contributed by atoms with Crippen LogP contribution in [0.25, 0.3) is 0 Å². The fourth-order valence-corrected chi connectivity index (χ4v) is 3.88. The second-order valence-electron chi connectivity index (χ2n) is 7.60. The molecule has 8 heteroatoms. The highest BCUT2D eigenvalue weighted by Gasteiger charge is 2.31. The molecule has 1 amide bonds. The molecule has 0 spiro atoms. The van der Waals surface area contributed by atoms with Gasteiger partial charge < -0.3 is 19.2 Å². The number of nitrogens with zero attached hydrogens (tertiary/aromatic N) is 6. The Hall–Kier alpha value is -2.64. The van der Waals surface area contributed by atoms with Gasteiger partial charge in [-0.1, -0.05) is 5.16 Å². The molecule has 2 aromatic rings. The van der Waals surface area contributed by atoms with Crippen LogP contribution in [0.2, 0.25) is 0 Å². The summed E-state index contributed by atoms with van der Waals surface area (Å²) < 4.78 is 5.32. The Morgan fingerprint density at radius 1 is 0.926 bits per heavy atom. The standard InChI is InChI=1S/C19H24N6O2/c26-19(15-11-16(27-22-15)14-3-4-14)25-9-7-24(8-10-25)18-12-17(20-13-21-18)23-5-1-2-6-23/h11-14H,1-10H2. The molecule has 5 rings (SSSR count). The molecule has 0 bridgehead atoms. The van der Waals surface area contributed by atoms with Crippen LogP contribution >= 0.6 is 0 Å². The van der Waals surface area contributed by atoms with E-state index in [0.29, 0.717) is 24.7 Å². The Balaban J connectivity index is 1.22. The summed E-state index contributed by atoms with van der Waals surface area (Å²) in [6, 6.07) is 3.89. The van der Waals surface area contributed by atoms with Gasteiger partial charge in [-0.05, 0) is 25.7 Å². The van der Waals surface area contributed by atoms with E-state index in [1.807, 2.05) is 11.0 Å². The SMILES string of the molecule is O=C(c1cc(C2CC2)on1)N1CCN(c2cc(N3CCCC3)ncn2)CC1. The molecule has 0 N–H and O–H groups in total. The van der Waals surface area contributed by atoms with Gasteiger partial charge in [0.15, 0.2) is 5.69 Å². The zero-order chi connectivity index (χ0) is 18.2. The van der Waals surface area contributed by atoms with Crippen molar-refractivity contribution in [3.05, 3.63) is 29.9 Å². The van der Waals surface area contributed by atoms with Gasteiger partial charge >= 0.3 is 0 Å². The number of amides is 1. The lowest BCUT2D eigenvalue weighted by molar-refractivity contribution is 0.0736. The number of carbonyl (C=O) groups excluding carboxylic acids is 1. The van der Waals surface area contributed by atoms with E-state index in [9.17, 15) is 4.79 Å². The van der Waals surface area contributed by atoms with Crippen molar-refractivity contribution in [2.45, 2.75) is 31.6 Å². The third kappa shape index (κ3) is 3.36. The highest BCUT2D eigenvalue weighted by molar-refractivity contribution is 5.92. The molecule has 3 fully saturated rings. The largest absolute Gasteiger partial charge is 0.360 e. The number of anilines is 2. The number of carbonyl (C=O) groups is 1. The van der Waals surface area contributed by atoms with Crippen LogP contribution in [0.3, 0.4) is 0 Å². The molecule has 0 unspecified atom stereocenters. The van der Waals surface area contributed by atoms with Crippen molar-refractivity contribution in [3.8, 4) is 0 Å². The highest BCUT2D eigenvalue weighted by atomic mass is 16.5. The van der Waals surface area contributed by atoms with Gasteiger partial charge in [-0.25, -0.2) is 9.97 Å². The van der Waals surface area contributed by atoms with Crippen LogP contribution in [0.4, 0.5) is 11.6 Å². The maximum atomic E-state index is 12.7. The highest BCUT2D eigenvalue weighted by Crippen LogP contribution is 2.40.